The zero-order valence-electron chi connectivity index (χ0n) is 20.9. The van der Waals surface area contributed by atoms with Gasteiger partial charge in [-0.2, -0.15) is 0 Å². The number of thioether (sulfide) groups is 1. The maximum Gasteiger partial charge on any atom is 0.272 e. The van der Waals surface area contributed by atoms with Crippen molar-refractivity contribution in [3.8, 4) is 0 Å². The van der Waals surface area contributed by atoms with Crippen molar-refractivity contribution in [3.05, 3.63) is 116 Å². The molecule has 1 aliphatic rings. The number of carbonyl (C=O) groups is 4. The van der Waals surface area contributed by atoms with E-state index in [1.807, 2.05) is 41.8 Å². The molecule has 10 heteroatoms. The Bertz CT molecular complexity index is 1590. The zero-order chi connectivity index (χ0) is 28.1. The lowest BCUT2D eigenvalue weighted by Crippen LogP contribution is -2.31. The zero-order valence-corrected chi connectivity index (χ0v) is 24.7. The molecular weight excluding hydrogens is 657 g/mol. The number of benzene rings is 3. The van der Waals surface area contributed by atoms with Gasteiger partial charge in [0.1, 0.15) is 5.70 Å². The summed E-state index contributed by atoms with van der Waals surface area (Å²) in [6, 6.07) is 26.7. The Balaban J connectivity index is 1.30. The number of halogens is 1. The van der Waals surface area contributed by atoms with Crippen molar-refractivity contribution in [1.29, 1.82) is 0 Å². The minimum Gasteiger partial charge on any atom is -0.321 e. The van der Waals surface area contributed by atoms with Gasteiger partial charge in [0, 0.05) is 31.0 Å². The minimum absolute atomic E-state index is 0.0886. The smallest absolute Gasteiger partial charge is 0.272 e. The highest BCUT2D eigenvalue weighted by molar-refractivity contribution is 14.1. The topological polar surface area (TPSA) is 95.6 Å². The second kappa shape index (κ2) is 12.6. The Morgan fingerprint density at radius 1 is 0.950 bits per heavy atom. The number of imide groups is 1. The van der Waals surface area contributed by atoms with Crippen LogP contribution in [-0.2, 0) is 14.4 Å². The van der Waals surface area contributed by atoms with Gasteiger partial charge in [-0.3, -0.25) is 19.2 Å². The van der Waals surface area contributed by atoms with E-state index in [1.54, 1.807) is 60.7 Å². The molecular formula is C30H22IN3O4S2. The van der Waals surface area contributed by atoms with E-state index in [1.165, 1.54) is 28.0 Å². The van der Waals surface area contributed by atoms with Gasteiger partial charge in [0.2, 0.25) is 11.8 Å². The SMILES string of the molecule is O=C(Nc1cccc(S[C@H]2CC(=O)N(c3ccc(I)cc3)C2=O)c1)/C(=C/c1cccs1)NC(=O)c1ccccc1. The summed E-state index contributed by atoms with van der Waals surface area (Å²) in [5, 5.41) is 6.88. The summed E-state index contributed by atoms with van der Waals surface area (Å²) in [5.74, 6) is -1.40. The summed E-state index contributed by atoms with van der Waals surface area (Å²) < 4.78 is 1.01. The van der Waals surface area contributed by atoms with Gasteiger partial charge in [0.05, 0.1) is 10.9 Å². The monoisotopic (exact) mass is 679 g/mol. The van der Waals surface area contributed by atoms with Crippen LogP contribution >= 0.6 is 45.7 Å². The molecule has 1 atom stereocenters. The Morgan fingerprint density at radius 3 is 2.45 bits per heavy atom. The van der Waals surface area contributed by atoms with E-state index >= 15 is 0 Å². The average Bonchev–Trinajstić information content (AvgIpc) is 3.56. The van der Waals surface area contributed by atoms with Crippen LogP contribution in [0.3, 0.4) is 0 Å². The van der Waals surface area contributed by atoms with E-state index in [0.29, 0.717) is 16.9 Å². The normalized spacial score (nSPS) is 15.3. The molecule has 0 saturated carbocycles. The molecule has 3 aromatic carbocycles. The van der Waals surface area contributed by atoms with Gasteiger partial charge >= 0.3 is 0 Å². The number of hydrogen-bond acceptors (Lipinski definition) is 6. The molecule has 200 valence electrons. The lowest BCUT2D eigenvalue weighted by molar-refractivity contribution is -0.121. The molecule has 1 saturated heterocycles. The molecule has 2 heterocycles. The van der Waals surface area contributed by atoms with Gasteiger partial charge in [-0.05, 0) is 94.7 Å². The van der Waals surface area contributed by atoms with Crippen LogP contribution in [0, 0.1) is 3.57 Å². The molecule has 40 heavy (non-hydrogen) atoms. The van der Waals surface area contributed by atoms with Crippen LogP contribution in [0.2, 0.25) is 0 Å². The first-order valence-electron chi connectivity index (χ1n) is 12.2. The fraction of sp³-hybridized carbons (Fsp3) is 0.0667. The Hall–Kier alpha value is -3.74. The van der Waals surface area contributed by atoms with Crippen molar-refractivity contribution in [2.45, 2.75) is 16.6 Å². The standard InChI is InChI=1S/C30H22IN3O4S2/c31-20-11-13-22(14-12-20)34-27(35)18-26(30(34)38)40-24-9-4-8-21(16-24)32-29(37)25(17-23-10-5-15-39-23)33-28(36)19-6-2-1-3-7-19/h1-17,26H,18H2,(H,32,37)(H,33,36)/b25-17-/t26-/m0/s1. The molecule has 0 aliphatic carbocycles. The van der Waals surface area contributed by atoms with Crippen molar-refractivity contribution in [1.82, 2.24) is 5.32 Å². The largest absolute Gasteiger partial charge is 0.321 e. The first-order chi connectivity index (χ1) is 19.4. The third-order valence-electron chi connectivity index (χ3n) is 5.92. The molecule has 4 aromatic rings. The number of hydrogen-bond donors (Lipinski definition) is 2. The van der Waals surface area contributed by atoms with Gasteiger partial charge in [-0.15, -0.1) is 23.1 Å². The van der Waals surface area contributed by atoms with Crippen LogP contribution in [0.15, 0.2) is 107 Å². The molecule has 0 spiro atoms. The van der Waals surface area contributed by atoms with Crippen molar-refractivity contribution in [3.63, 3.8) is 0 Å². The van der Waals surface area contributed by atoms with E-state index in [9.17, 15) is 19.2 Å². The highest BCUT2D eigenvalue weighted by Crippen LogP contribution is 2.35. The average molecular weight is 680 g/mol. The van der Waals surface area contributed by atoms with Crippen molar-refractivity contribution < 1.29 is 19.2 Å². The third-order valence-corrected chi connectivity index (χ3v) is 8.64. The van der Waals surface area contributed by atoms with E-state index < -0.39 is 17.1 Å². The van der Waals surface area contributed by atoms with Crippen LogP contribution < -0.4 is 15.5 Å². The van der Waals surface area contributed by atoms with Crippen LogP contribution in [-0.4, -0.2) is 28.9 Å². The summed E-state index contributed by atoms with van der Waals surface area (Å²) in [5.41, 5.74) is 1.58. The van der Waals surface area contributed by atoms with Crippen molar-refractivity contribution in [2.75, 3.05) is 10.2 Å². The highest BCUT2D eigenvalue weighted by Gasteiger charge is 2.40. The number of anilines is 2. The first-order valence-corrected chi connectivity index (χ1v) is 15.0. The van der Waals surface area contributed by atoms with Crippen LogP contribution in [0.1, 0.15) is 21.7 Å². The first kappa shape index (κ1) is 27.8. The van der Waals surface area contributed by atoms with Crippen LogP contribution in [0.5, 0.6) is 0 Å². The van der Waals surface area contributed by atoms with Gasteiger partial charge in [0.15, 0.2) is 0 Å². The number of nitrogens with zero attached hydrogens (tertiary/aromatic N) is 1. The summed E-state index contributed by atoms with van der Waals surface area (Å²) in [7, 11) is 0. The predicted octanol–water partition coefficient (Wildman–Crippen LogP) is 6.19. The lowest BCUT2D eigenvalue weighted by Gasteiger charge is -2.15. The molecule has 0 radical (unpaired) electrons. The Labute approximate surface area is 252 Å². The van der Waals surface area contributed by atoms with Crippen LogP contribution in [0.4, 0.5) is 11.4 Å². The Morgan fingerprint density at radius 2 is 1.73 bits per heavy atom. The molecule has 4 amide bonds. The maximum absolute atomic E-state index is 13.3. The predicted molar refractivity (Wildman–Crippen MR) is 167 cm³/mol. The number of nitrogens with one attached hydrogen (secondary N) is 2. The molecule has 1 aliphatic heterocycles. The molecule has 7 nitrogen and oxygen atoms in total. The molecule has 2 N–H and O–H groups in total. The van der Waals surface area contributed by atoms with Gasteiger partial charge < -0.3 is 10.6 Å². The molecule has 1 aromatic heterocycles. The Kier molecular flexibility index (Phi) is 8.78. The van der Waals surface area contributed by atoms with E-state index in [2.05, 4.69) is 33.2 Å². The van der Waals surface area contributed by atoms with Gasteiger partial charge in [0.25, 0.3) is 11.8 Å². The number of rotatable bonds is 8. The fourth-order valence-electron chi connectivity index (χ4n) is 4.03. The quantitative estimate of drug-likeness (QED) is 0.132. The number of amides is 4. The van der Waals surface area contributed by atoms with Crippen molar-refractivity contribution in [2.24, 2.45) is 0 Å². The number of thiophene rings is 1. The van der Waals surface area contributed by atoms with Crippen LogP contribution in [0.25, 0.3) is 6.08 Å². The second-order valence-electron chi connectivity index (χ2n) is 8.73. The van der Waals surface area contributed by atoms with E-state index in [-0.39, 0.29) is 23.9 Å². The summed E-state index contributed by atoms with van der Waals surface area (Å²) in [6.45, 7) is 0. The molecule has 0 unspecified atom stereocenters. The van der Waals surface area contributed by atoms with Gasteiger partial charge in [-0.25, -0.2) is 4.90 Å². The van der Waals surface area contributed by atoms with Gasteiger partial charge in [-0.1, -0.05) is 30.3 Å². The lowest BCUT2D eigenvalue weighted by atomic mass is 10.2. The number of carbonyl (C=O) groups excluding carboxylic acids is 4. The van der Waals surface area contributed by atoms with E-state index in [4.69, 9.17) is 0 Å². The summed E-state index contributed by atoms with van der Waals surface area (Å²) in [6.07, 6.45) is 1.72. The molecule has 5 rings (SSSR count). The summed E-state index contributed by atoms with van der Waals surface area (Å²) >= 11 is 4.89. The summed E-state index contributed by atoms with van der Waals surface area (Å²) in [4.78, 5) is 54.6. The van der Waals surface area contributed by atoms with E-state index in [0.717, 1.165) is 13.3 Å². The minimum atomic E-state index is -0.572. The maximum atomic E-state index is 13.3. The molecule has 1 fully saturated rings. The fourth-order valence-corrected chi connectivity index (χ4v) is 6.16. The second-order valence-corrected chi connectivity index (χ2v) is 12.2. The van der Waals surface area contributed by atoms with Crippen molar-refractivity contribution >= 4 is 86.8 Å². The third kappa shape index (κ3) is 6.69. The highest BCUT2D eigenvalue weighted by atomic mass is 127. The molecule has 0 bridgehead atoms.